The number of halogens is 2. The van der Waals surface area contributed by atoms with Gasteiger partial charge in [0.1, 0.15) is 11.6 Å². The fourth-order valence-electron chi connectivity index (χ4n) is 3.86. The Morgan fingerprint density at radius 2 is 1.74 bits per heavy atom. The summed E-state index contributed by atoms with van der Waals surface area (Å²) in [6.45, 7) is 3.64. The molecule has 1 heterocycles. The summed E-state index contributed by atoms with van der Waals surface area (Å²) in [6, 6.07) is 17.0. The van der Waals surface area contributed by atoms with Crippen molar-refractivity contribution in [3.05, 3.63) is 83.1 Å². The molecule has 7 nitrogen and oxygen atoms in total. The van der Waals surface area contributed by atoms with Crippen LogP contribution in [-0.4, -0.2) is 51.4 Å². The van der Waals surface area contributed by atoms with Crippen LogP contribution in [0.15, 0.2) is 71.6 Å². The largest absolute Gasteiger partial charge is 0.492 e. The third kappa shape index (κ3) is 5.75. The molecule has 1 N–H and O–H groups in total. The predicted molar refractivity (Wildman–Crippen MR) is 134 cm³/mol. The molecule has 0 saturated carbocycles. The average molecular weight is 518 g/mol. The second kappa shape index (κ2) is 10.6. The Hall–Kier alpha value is -3.14. The molecule has 0 aliphatic carbocycles. The summed E-state index contributed by atoms with van der Waals surface area (Å²) in [5.41, 5.74) is 1.43. The maximum atomic E-state index is 13.4. The van der Waals surface area contributed by atoms with E-state index in [2.05, 4.69) is 5.32 Å². The van der Waals surface area contributed by atoms with E-state index >= 15 is 0 Å². The van der Waals surface area contributed by atoms with E-state index in [-0.39, 0.29) is 29.5 Å². The molecule has 0 spiro atoms. The number of rotatable bonds is 7. The fraction of sp³-hybridized carbons (Fsp3) is 0.240. The van der Waals surface area contributed by atoms with Crippen molar-refractivity contribution in [1.29, 1.82) is 0 Å². The van der Waals surface area contributed by atoms with Crippen molar-refractivity contribution in [3.63, 3.8) is 0 Å². The van der Waals surface area contributed by atoms with Gasteiger partial charge in [-0.15, -0.1) is 0 Å². The standard InChI is InChI=1S/C25H25ClFN3O4S/c1-2-34-24-11-10-22(17-23(24)28-25(31)18-4-3-5-19(26)16-18)35(32,33)30-14-12-29(13-15-30)21-8-6-20(27)7-9-21/h3-11,16-17H,2,12-15H2,1H3,(H,28,31). The molecule has 3 aromatic rings. The Morgan fingerprint density at radius 3 is 2.40 bits per heavy atom. The molecule has 0 radical (unpaired) electrons. The van der Waals surface area contributed by atoms with Crippen LogP contribution in [0.25, 0.3) is 0 Å². The van der Waals surface area contributed by atoms with E-state index in [9.17, 15) is 17.6 Å². The summed E-state index contributed by atoms with van der Waals surface area (Å²) in [5, 5.41) is 3.16. The molecule has 1 fully saturated rings. The number of benzene rings is 3. The molecule has 1 saturated heterocycles. The number of sulfonamides is 1. The van der Waals surface area contributed by atoms with Crippen molar-refractivity contribution >= 4 is 38.9 Å². The minimum Gasteiger partial charge on any atom is -0.492 e. The number of nitrogens with one attached hydrogen (secondary N) is 1. The molecule has 4 rings (SSSR count). The molecule has 184 valence electrons. The summed E-state index contributed by atoms with van der Waals surface area (Å²) < 4.78 is 47.0. The molecular weight excluding hydrogens is 493 g/mol. The van der Waals surface area contributed by atoms with Gasteiger partial charge < -0.3 is 15.0 Å². The first-order valence-corrected chi connectivity index (χ1v) is 12.9. The molecule has 1 amide bonds. The molecule has 10 heteroatoms. The number of ether oxygens (including phenoxy) is 1. The normalized spacial score (nSPS) is 14.5. The van der Waals surface area contributed by atoms with E-state index in [1.54, 1.807) is 43.3 Å². The van der Waals surface area contributed by atoms with Gasteiger partial charge in [0.2, 0.25) is 10.0 Å². The number of anilines is 2. The van der Waals surface area contributed by atoms with E-state index in [1.165, 1.54) is 34.6 Å². The highest BCUT2D eigenvalue weighted by molar-refractivity contribution is 7.89. The van der Waals surface area contributed by atoms with E-state index in [0.29, 0.717) is 36.0 Å². The zero-order chi connectivity index (χ0) is 25.0. The lowest BCUT2D eigenvalue weighted by atomic mass is 10.2. The molecule has 0 aromatic heterocycles. The van der Waals surface area contributed by atoms with Gasteiger partial charge in [0.15, 0.2) is 0 Å². The predicted octanol–water partition coefficient (Wildman–Crippen LogP) is 4.64. The molecule has 1 aliphatic rings. The zero-order valence-corrected chi connectivity index (χ0v) is 20.7. The minimum absolute atomic E-state index is 0.0533. The van der Waals surface area contributed by atoms with Crippen molar-refractivity contribution in [1.82, 2.24) is 4.31 Å². The first kappa shape index (κ1) is 25.0. The average Bonchev–Trinajstić information content (AvgIpc) is 2.85. The topological polar surface area (TPSA) is 79.0 Å². The summed E-state index contributed by atoms with van der Waals surface area (Å²) in [4.78, 5) is 14.8. The number of carbonyl (C=O) groups is 1. The second-order valence-electron chi connectivity index (χ2n) is 7.92. The van der Waals surface area contributed by atoms with Gasteiger partial charge in [0, 0.05) is 42.5 Å². The highest BCUT2D eigenvalue weighted by Crippen LogP contribution is 2.30. The van der Waals surface area contributed by atoms with Crippen LogP contribution in [0, 0.1) is 5.82 Å². The van der Waals surface area contributed by atoms with Gasteiger partial charge in [-0.1, -0.05) is 17.7 Å². The van der Waals surface area contributed by atoms with Gasteiger partial charge in [0.25, 0.3) is 5.91 Å². The number of amides is 1. The van der Waals surface area contributed by atoms with Crippen LogP contribution < -0.4 is 15.0 Å². The van der Waals surface area contributed by atoms with Crippen LogP contribution in [0.4, 0.5) is 15.8 Å². The van der Waals surface area contributed by atoms with Crippen LogP contribution in [0.2, 0.25) is 5.02 Å². The number of hydrogen-bond acceptors (Lipinski definition) is 5. The first-order chi connectivity index (χ1) is 16.8. The Kier molecular flexibility index (Phi) is 7.59. The monoisotopic (exact) mass is 517 g/mol. The van der Waals surface area contributed by atoms with Gasteiger partial charge in [0.05, 0.1) is 17.2 Å². The Morgan fingerprint density at radius 1 is 1.03 bits per heavy atom. The first-order valence-electron chi connectivity index (χ1n) is 11.1. The summed E-state index contributed by atoms with van der Waals surface area (Å²) >= 11 is 5.99. The van der Waals surface area contributed by atoms with E-state index in [0.717, 1.165) is 5.69 Å². The van der Waals surface area contributed by atoms with Gasteiger partial charge >= 0.3 is 0 Å². The Bertz CT molecular complexity index is 1310. The van der Waals surface area contributed by atoms with Crippen LogP contribution in [0.1, 0.15) is 17.3 Å². The highest BCUT2D eigenvalue weighted by atomic mass is 35.5. The van der Waals surface area contributed by atoms with Gasteiger partial charge in [-0.2, -0.15) is 4.31 Å². The quantitative estimate of drug-likeness (QED) is 0.494. The van der Waals surface area contributed by atoms with Gasteiger partial charge in [-0.3, -0.25) is 4.79 Å². The van der Waals surface area contributed by atoms with Crippen molar-refractivity contribution in [2.45, 2.75) is 11.8 Å². The van der Waals surface area contributed by atoms with Crippen LogP contribution >= 0.6 is 11.6 Å². The molecule has 0 atom stereocenters. The smallest absolute Gasteiger partial charge is 0.255 e. The Balaban J connectivity index is 1.53. The second-order valence-corrected chi connectivity index (χ2v) is 10.3. The molecule has 3 aromatic carbocycles. The number of nitrogens with zero attached hydrogens (tertiary/aromatic N) is 2. The van der Waals surface area contributed by atoms with E-state index in [1.807, 2.05) is 4.90 Å². The minimum atomic E-state index is -3.82. The van der Waals surface area contributed by atoms with Crippen LogP contribution in [-0.2, 0) is 10.0 Å². The fourth-order valence-corrected chi connectivity index (χ4v) is 5.50. The Labute approximate surface area is 209 Å². The van der Waals surface area contributed by atoms with Crippen LogP contribution in [0.3, 0.4) is 0 Å². The van der Waals surface area contributed by atoms with Crippen molar-refractivity contribution in [2.24, 2.45) is 0 Å². The molecule has 1 aliphatic heterocycles. The number of carbonyl (C=O) groups excluding carboxylic acids is 1. The lowest BCUT2D eigenvalue weighted by Gasteiger charge is -2.35. The van der Waals surface area contributed by atoms with Crippen LogP contribution in [0.5, 0.6) is 5.75 Å². The number of piperazine rings is 1. The van der Waals surface area contributed by atoms with Crippen molar-refractivity contribution in [3.8, 4) is 5.75 Å². The maximum absolute atomic E-state index is 13.4. The molecule has 0 bridgehead atoms. The summed E-state index contributed by atoms with van der Waals surface area (Å²) in [7, 11) is -3.82. The zero-order valence-electron chi connectivity index (χ0n) is 19.1. The SMILES string of the molecule is CCOc1ccc(S(=O)(=O)N2CCN(c3ccc(F)cc3)CC2)cc1NC(=O)c1cccc(Cl)c1. The third-order valence-electron chi connectivity index (χ3n) is 5.65. The van der Waals surface area contributed by atoms with E-state index in [4.69, 9.17) is 16.3 Å². The summed E-state index contributed by atoms with van der Waals surface area (Å²) in [5.74, 6) is -0.386. The van der Waals surface area contributed by atoms with Gasteiger partial charge in [-0.25, -0.2) is 12.8 Å². The maximum Gasteiger partial charge on any atom is 0.255 e. The molecule has 35 heavy (non-hydrogen) atoms. The van der Waals surface area contributed by atoms with E-state index < -0.39 is 15.9 Å². The highest BCUT2D eigenvalue weighted by Gasteiger charge is 2.29. The van der Waals surface area contributed by atoms with Crippen molar-refractivity contribution in [2.75, 3.05) is 43.0 Å². The van der Waals surface area contributed by atoms with Crippen molar-refractivity contribution < 1.29 is 22.3 Å². The lowest BCUT2D eigenvalue weighted by Crippen LogP contribution is -2.48. The number of hydrogen-bond donors (Lipinski definition) is 1. The lowest BCUT2D eigenvalue weighted by molar-refractivity contribution is 0.102. The molecular formula is C25H25ClFN3O4S. The molecule has 0 unspecified atom stereocenters. The van der Waals surface area contributed by atoms with Gasteiger partial charge in [-0.05, 0) is 67.6 Å². The summed E-state index contributed by atoms with van der Waals surface area (Å²) in [6.07, 6.45) is 0. The third-order valence-corrected chi connectivity index (χ3v) is 7.78.